The zero-order chi connectivity index (χ0) is 29.2. The third-order valence-corrected chi connectivity index (χ3v) is 7.00. The van der Waals surface area contributed by atoms with Gasteiger partial charge in [-0.2, -0.15) is 0 Å². The molecule has 6 nitrogen and oxygen atoms in total. The highest BCUT2D eigenvalue weighted by atomic mass is 16.6. The van der Waals surface area contributed by atoms with E-state index in [-0.39, 0.29) is 5.69 Å². The Hall–Kier alpha value is -4.58. The molecule has 41 heavy (non-hydrogen) atoms. The van der Waals surface area contributed by atoms with E-state index in [2.05, 4.69) is 68.2 Å². The molecule has 2 heterocycles. The largest absolute Gasteiger partial charge is 0.493 e. The fraction of sp³-hybridized carbons (Fsp3) is 0.257. The molecule has 0 saturated carbocycles. The minimum Gasteiger partial charge on any atom is -0.493 e. The molecule has 0 aliphatic rings. The van der Waals surface area contributed by atoms with Gasteiger partial charge in [0.1, 0.15) is 5.75 Å². The summed E-state index contributed by atoms with van der Waals surface area (Å²) >= 11 is 0. The van der Waals surface area contributed by atoms with Crippen LogP contribution in [0.15, 0.2) is 67.0 Å². The van der Waals surface area contributed by atoms with Crippen LogP contribution in [-0.2, 0) is 0 Å². The Morgan fingerprint density at radius 1 is 0.732 bits per heavy atom. The summed E-state index contributed by atoms with van der Waals surface area (Å²) in [6.45, 7) is 9.16. The van der Waals surface area contributed by atoms with E-state index in [0.717, 1.165) is 69.1 Å². The van der Waals surface area contributed by atoms with Crippen LogP contribution in [0.25, 0.3) is 35.4 Å². The number of aromatic nitrogens is 2. The molecular formula is C35H37N3O3. The van der Waals surface area contributed by atoms with Crippen LogP contribution in [0.2, 0.25) is 0 Å². The van der Waals surface area contributed by atoms with Crippen LogP contribution >= 0.6 is 0 Å². The number of non-ortho nitro benzene ring substituents is 1. The van der Waals surface area contributed by atoms with Crippen LogP contribution in [0.1, 0.15) is 71.8 Å². The quantitative estimate of drug-likeness (QED) is 0.100. The number of nitrogens with zero attached hydrogens (tertiary/aromatic N) is 3. The van der Waals surface area contributed by atoms with Crippen molar-refractivity contribution >= 4 is 30.0 Å². The summed E-state index contributed by atoms with van der Waals surface area (Å²) in [5.74, 6) is 0.953. The van der Waals surface area contributed by atoms with Gasteiger partial charge in [-0.3, -0.25) is 20.1 Å². The van der Waals surface area contributed by atoms with Crippen LogP contribution in [0.3, 0.4) is 0 Å². The van der Waals surface area contributed by atoms with E-state index >= 15 is 0 Å². The molecule has 0 radical (unpaired) electrons. The van der Waals surface area contributed by atoms with Gasteiger partial charge in [0.15, 0.2) is 0 Å². The highest BCUT2D eigenvalue weighted by molar-refractivity contribution is 5.74. The SMILES string of the molecule is CCCCCCOc1ccc(/C=C/c2ncc(-c3cnc(/C=C/c4ccc([N+](=O)[O-])cc4)c(C)c3)cc2C)cc1C. The van der Waals surface area contributed by atoms with E-state index in [4.69, 9.17) is 9.72 Å². The molecule has 4 rings (SSSR count). The van der Waals surface area contributed by atoms with Crippen LogP contribution < -0.4 is 4.74 Å². The zero-order valence-corrected chi connectivity index (χ0v) is 24.3. The second kappa shape index (κ2) is 14.2. The fourth-order valence-corrected chi connectivity index (χ4v) is 4.54. The van der Waals surface area contributed by atoms with Gasteiger partial charge in [0, 0.05) is 35.7 Å². The van der Waals surface area contributed by atoms with Crippen molar-refractivity contribution in [2.45, 2.75) is 53.4 Å². The molecule has 0 saturated heterocycles. The molecule has 0 aliphatic heterocycles. The van der Waals surface area contributed by atoms with Crippen molar-refractivity contribution in [2.75, 3.05) is 6.61 Å². The molecule has 4 aromatic rings. The van der Waals surface area contributed by atoms with Crippen molar-refractivity contribution in [3.8, 4) is 16.9 Å². The molecule has 2 aromatic carbocycles. The van der Waals surface area contributed by atoms with Gasteiger partial charge < -0.3 is 4.74 Å². The maximum atomic E-state index is 10.9. The summed E-state index contributed by atoms with van der Waals surface area (Å²) in [4.78, 5) is 19.8. The lowest BCUT2D eigenvalue weighted by molar-refractivity contribution is -0.384. The van der Waals surface area contributed by atoms with Gasteiger partial charge in [-0.05, 0) is 104 Å². The van der Waals surface area contributed by atoms with Crippen molar-refractivity contribution in [3.05, 3.63) is 116 Å². The summed E-state index contributed by atoms with van der Waals surface area (Å²) < 4.78 is 5.97. The van der Waals surface area contributed by atoms with E-state index in [1.165, 1.54) is 31.4 Å². The Bertz CT molecular complexity index is 1560. The average molecular weight is 548 g/mol. The summed E-state index contributed by atoms with van der Waals surface area (Å²) in [6, 6.07) is 17.0. The number of unbranched alkanes of at least 4 members (excludes halogenated alkanes) is 3. The highest BCUT2D eigenvalue weighted by Gasteiger charge is 2.07. The molecule has 0 atom stereocenters. The van der Waals surface area contributed by atoms with Gasteiger partial charge in [-0.15, -0.1) is 0 Å². The van der Waals surface area contributed by atoms with Crippen molar-refractivity contribution in [2.24, 2.45) is 0 Å². The standard InChI is InChI=1S/C35H37N3O3/c1-5-6-7-8-19-41-35-18-13-29(20-27(35)4)12-17-34-26(3)22-31(24-37-34)30-21-25(2)33(36-23-30)16-11-28-9-14-32(15-10-28)38(39)40/h9-18,20-24H,5-8,19H2,1-4H3/b16-11+,17-12+. The first-order valence-corrected chi connectivity index (χ1v) is 14.1. The number of benzene rings is 2. The topological polar surface area (TPSA) is 78.2 Å². The Morgan fingerprint density at radius 3 is 1.85 bits per heavy atom. The van der Waals surface area contributed by atoms with Crippen molar-refractivity contribution in [1.82, 2.24) is 9.97 Å². The van der Waals surface area contributed by atoms with Gasteiger partial charge >= 0.3 is 0 Å². The lowest BCUT2D eigenvalue weighted by Gasteiger charge is -2.10. The molecule has 0 aliphatic carbocycles. The number of hydrogen-bond acceptors (Lipinski definition) is 5. The number of pyridine rings is 2. The van der Waals surface area contributed by atoms with Gasteiger partial charge in [-0.25, -0.2) is 0 Å². The monoisotopic (exact) mass is 547 g/mol. The fourth-order valence-electron chi connectivity index (χ4n) is 4.54. The van der Waals surface area contributed by atoms with E-state index in [0.29, 0.717) is 0 Å². The van der Waals surface area contributed by atoms with E-state index in [1.807, 2.05) is 31.5 Å². The predicted molar refractivity (Wildman–Crippen MR) is 169 cm³/mol. The summed E-state index contributed by atoms with van der Waals surface area (Å²) in [6.07, 6.45) is 16.5. The molecular weight excluding hydrogens is 510 g/mol. The Kier molecular flexibility index (Phi) is 10.2. The van der Waals surface area contributed by atoms with Crippen LogP contribution in [0.4, 0.5) is 5.69 Å². The number of nitro benzene ring substituents is 1. The third-order valence-electron chi connectivity index (χ3n) is 7.00. The molecule has 6 heteroatoms. The molecule has 0 amide bonds. The first-order chi connectivity index (χ1) is 19.8. The Labute approximate surface area is 242 Å². The summed E-state index contributed by atoms with van der Waals surface area (Å²) in [5, 5.41) is 10.9. The molecule has 2 aromatic heterocycles. The molecule has 0 unspecified atom stereocenters. The summed E-state index contributed by atoms with van der Waals surface area (Å²) in [7, 11) is 0. The van der Waals surface area contributed by atoms with Crippen LogP contribution in [0.5, 0.6) is 5.75 Å². The van der Waals surface area contributed by atoms with Crippen LogP contribution in [0, 0.1) is 30.9 Å². The van der Waals surface area contributed by atoms with Gasteiger partial charge in [0.05, 0.1) is 22.9 Å². The summed E-state index contributed by atoms with van der Waals surface area (Å²) in [5.41, 5.74) is 9.11. The molecule has 0 bridgehead atoms. The second-order valence-electron chi connectivity index (χ2n) is 10.3. The highest BCUT2D eigenvalue weighted by Crippen LogP contribution is 2.25. The third kappa shape index (κ3) is 8.21. The maximum absolute atomic E-state index is 10.9. The maximum Gasteiger partial charge on any atom is 0.269 e. The minimum absolute atomic E-state index is 0.0777. The number of hydrogen-bond donors (Lipinski definition) is 0. The van der Waals surface area contributed by atoms with E-state index in [1.54, 1.807) is 12.1 Å². The van der Waals surface area contributed by atoms with Crippen molar-refractivity contribution in [3.63, 3.8) is 0 Å². The van der Waals surface area contributed by atoms with Gasteiger partial charge in [0.2, 0.25) is 0 Å². The lowest BCUT2D eigenvalue weighted by atomic mass is 10.0. The number of aryl methyl sites for hydroxylation is 3. The first kappa shape index (κ1) is 29.4. The van der Waals surface area contributed by atoms with Crippen molar-refractivity contribution < 1.29 is 9.66 Å². The zero-order valence-electron chi connectivity index (χ0n) is 24.3. The number of nitro groups is 1. The van der Waals surface area contributed by atoms with Gasteiger partial charge in [0.25, 0.3) is 5.69 Å². The smallest absolute Gasteiger partial charge is 0.269 e. The Morgan fingerprint density at radius 2 is 1.32 bits per heavy atom. The van der Waals surface area contributed by atoms with Gasteiger partial charge in [-0.1, -0.05) is 44.4 Å². The van der Waals surface area contributed by atoms with E-state index < -0.39 is 4.92 Å². The molecule has 0 N–H and O–H groups in total. The minimum atomic E-state index is -0.400. The average Bonchev–Trinajstić information content (AvgIpc) is 2.97. The van der Waals surface area contributed by atoms with Crippen molar-refractivity contribution in [1.29, 1.82) is 0 Å². The van der Waals surface area contributed by atoms with E-state index in [9.17, 15) is 10.1 Å². The van der Waals surface area contributed by atoms with Crippen LogP contribution in [-0.4, -0.2) is 21.5 Å². The molecule has 210 valence electrons. The predicted octanol–water partition coefficient (Wildman–Crippen LogP) is 9.28. The second-order valence-corrected chi connectivity index (χ2v) is 10.3. The lowest BCUT2D eigenvalue weighted by Crippen LogP contribution is -1.99. The Balaban J connectivity index is 1.40. The first-order valence-electron chi connectivity index (χ1n) is 14.1. The number of ether oxygens (including phenoxy) is 1. The molecule has 0 spiro atoms. The number of rotatable bonds is 12. The normalized spacial score (nSPS) is 11.4. The molecule has 0 fully saturated rings.